The van der Waals surface area contributed by atoms with Gasteiger partial charge in [0.25, 0.3) is 11.8 Å². The van der Waals surface area contributed by atoms with E-state index in [2.05, 4.69) is 10.6 Å². The molecule has 0 saturated carbocycles. The molecule has 1 aliphatic rings. The van der Waals surface area contributed by atoms with Crippen LogP contribution in [0.2, 0.25) is 0 Å². The highest BCUT2D eigenvalue weighted by molar-refractivity contribution is 6.15. The molecule has 178 valence electrons. The Bertz CT molecular complexity index is 1300. The van der Waals surface area contributed by atoms with Crippen LogP contribution >= 0.6 is 0 Å². The van der Waals surface area contributed by atoms with Crippen molar-refractivity contribution in [2.45, 2.75) is 6.92 Å². The second kappa shape index (κ2) is 10.1. The van der Waals surface area contributed by atoms with Crippen molar-refractivity contribution in [3.05, 3.63) is 77.9 Å². The molecule has 35 heavy (non-hydrogen) atoms. The van der Waals surface area contributed by atoms with Gasteiger partial charge in [-0.05, 0) is 61.5 Å². The molecular weight excluding hydrogens is 450 g/mol. The minimum atomic E-state index is -0.414. The Kier molecular flexibility index (Phi) is 6.77. The molecule has 1 aliphatic heterocycles. The predicted octanol–water partition coefficient (Wildman–Crippen LogP) is 3.51. The maximum atomic E-state index is 13.0. The number of para-hydroxylation sites is 2. The molecular formula is C26H23N3O6. The van der Waals surface area contributed by atoms with Crippen LogP contribution < -0.4 is 25.0 Å². The smallest absolute Gasteiger partial charge is 0.262 e. The van der Waals surface area contributed by atoms with E-state index in [1.807, 2.05) is 0 Å². The molecule has 0 radical (unpaired) electrons. The van der Waals surface area contributed by atoms with Gasteiger partial charge >= 0.3 is 0 Å². The lowest BCUT2D eigenvalue weighted by Crippen LogP contribution is -2.42. The van der Waals surface area contributed by atoms with Crippen molar-refractivity contribution in [2.75, 3.05) is 35.8 Å². The third-order valence-corrected chi connectivity index (χ3v) is 5.36. The first-order valence-electron chi connectivity index (χ1n) is 10.8. The fourth-order valence-corrected chi connectivity index (χ4v) is 3.61. The van der Waals surface area contributed by atoms with Gasteiger partial charge in [-0.3, -0.25) is 24.1 Å². The van der Waals surface area contributed by atoms with E-state index < -0.39 is 5.91 Å². The normalized spacial score (nSPS) is 12.3. The molecule has 0 saturated heterocycles. The predicted molar refractivity (Wildman–Crippen MR) is 130 cm³/mol. The zero-order chi connectivity index (χ0) is 24.9. The van der Waals surface area contributed by atoms with Crippen molar-refractivity contribution in [3.8, 4) is 11.5 Å². The molecule has 4 rings (SSSR count). The lowest BCUT2D eigenvalue weighted by molar-refractivity contribution is -0.118. The molecule has 0 aliphatic carbocycles. The summed E-state index contributed by atoms with van der Waals surface area (Å²) in [5, 5.41) is 5.45. The van der Waals surface area contributed by atoms with Crippen LogP contribution in [0.15, 0.2) is 66.7 Å². The number of amides is 3. The first-order valence-corrected chi connectivity index (χ1v) is 10.8. The summed E-state index contributed by atoms with van der Waals surface area (Å²) >= 11 is 0. The first-order chi connectivity index (χ1) is 16.9. The lowest BCUT2D eigenvalue weighted by atomic mass is 10.1. The summed E-state index contributed by atoms with van der Waals surface area (Å²) in [4.78, 5) is 50.3. The summed E-state index contributed by atoms with van der Waals surface area (Å²) in [7, 11) is 1.45. The van der Waals surface area contributed by atoms with E-state index in [1.165, 1.54) is 18.9 Å². The number of nitrogens with zero attached hydrogens (tertiary/aromatic N) is 1. The third-order valence-electron chi connectivity index (χ3n) is 5.36. The van der Waals surface area contributed by atoms with Crippen molar-refractivity contribution >= 4 is 40.6 Å². The molecule has 0 atom stereocenters. The summed E-state index contributed by atoms with van der Waals surface area (Å²) < 4.78 is 10.8. The van der Waals surface area contributed by atoms with Crippen molar-refractivity contribution in [3.63, 3.8) is 0 Å². The van der Waals surface area contributed by atoms with E-state index in [4.69, 9.17) is 9.47 Å². The summed E-state index contributed by atoms with van der Waals surface area (Å²) in [5.74, 6) is -0.436. The number of carbonyl (C=O) groups is 4. The average Bonchev–Trinajstić information content (AvgIpc) is 2.86. The minimum absolute atomic E-state index is 0.0808. The summed E-state index contributed by atoms with van der Waals surface area (Å²) in [6.07, 6.45) is 0. The monoisotopic (exact) mass is 473 g/mol. The molecule has 0 bridgehead atoms. The highest BCUT2D eigenvalue weighted by Crippen LogP contribution is 2.30. The van der Waals surface area contributed by atoms with Crippen molar-refractivity contribution in [2.24, 2.45) is 0 Å². The first kappa shape index (κ1) is 23.5. The molecule has 0 fully saturated rings. The van der Waals surface area contributed by atoms with E-state index in [0.29, 0.717) is 39.7 Å². The van der Waals surface area contributed by atoms with E-state index in [0.717, 1.165) is 0 Å². The molecule has 3 aromatic carbocycles. The van der Waals surface area contributed by atoms with Crippen LogP contribution in [0.25, 0.3) is 0 Å². The van der Waals surface area contributed by atoms with E-state index >= 15 is 0 Å². The van der Waals surface area contributed by atoms with Gasteiger partial charge in [-0.25, -0.2) is 0 Å². The minimum Gasteiger partial charge on any atom is -0.493 e. The Hall–Kier alpha value is -4.66. The number of nitrogens with one attached hydrogen (secondary N) is 2. The lowest BCUT2D eigenvalue weighted by Gasteiger charge is -2.29. The number of fused-ring (bicyclic) bond motifs is 1. The zero-order valence-corrected chi connectivity index (χ0v) is 19.2. The topological polar surface area (TPSA) is 114 Å². The van der Waals surface area contributed by atoms with Gasteiger partial charge in [0.1, 0.15) is 6.54 Å². The number of rotatable bonds is 7. The molecule has 0 spiro atoms. The summed E-state index contributed by atoms with van der Waals surface area (Å²) in [6, 6.07) is 18.2. The highest BCUT2D eigenvalue weighted by atomic mass is 16.5. The van der Waals surface area contributed by atoms with Gasteiger partial charge in [0, 0.05) is 16.8 Å². The molecule has 2 N–H and O–H groups in total. The molecule has 3 aromatic rings. The SMILES string of the molecule is COc1cc(C(C)=O)ccc1OCC(=O)Nc1ccc(C(=O)N2CC(=O)Nc3ccccc32)cc1. The molecule has 3 amide bonds. The number of hydrogen-bond acceptors (Lipinski definition) is 6. The van der Waals surface area contributed by atoms with E-state index in [9.17, 15) is 19.2 Å². The molecule has 1 heterocycles. The van der Waals surface area contributed by atoms with Crippen LogP contribution in [0.5, 0.6) is 11.5 Å². The van der Waals surface area contributed by atoms with Crippen molar-refractivity contribution in [1.82, 2.24) is 0 Å². The van der Waals surface area contributed by atoms with Crippen LogP contribution in [0.3, 0.4) is 0 Å². The summed E-state index contributed by atoms with van der Waals surface area (Å²) in [5.41, 5.74) is 2.53. The molecule has 0 unspecified atom stereocenters. The number of hydrogen-bond donors (Lipinski definition) is 2. The Morgan fingerprint density at radius 2 is 1.69 bits per heavy atom. The van der Waals surface area contributed by atoms with Gasteiger partial charge in [0.15, 0.2) is 23.9 Å². The van der Waals surface area contributed by atoms with Crippen LogP contribution in [-0.4, -0.2) is 43.8 Å². The quantitative estimate of drug-likeness (QED) is 0.508. The van der Waals surface area contributed by atoms with Gasteiger partial charge in [-0.1, -0.05) is 12.1 Å². The van der Waals surface area contributed by atoms with E-state index in [-0.39, 0.29) is 30.7 Å². The standard InChI is InChI=1S/C26H23N3O6/c1-16(30)18-9-12-22(23(13-18)34-2)35-15-25(32)27-19-10-7-17(8-11-19)26(33)29-14-24(31)28-20-5-3-4-6-21(20)29/h3-13H,14-15H2,1-2H3,(H,27,32)(H,28,31). The highest BCUT2D eigenvalue weighted by Gasteiger charge is 2.27. The number of methoxy groups -OCH3 is 1. The Morgan fingerprint density at radius 1 is 0.971 bits per heavy atom. The number of ketones is 1. The largest absolute Gasteiger partial charge is 0.493 e. The number of ether oxygens (including phenoxy) is 2. The molecule has 9 nitrogen and oxygen atoms in total. The van der Waals surface area contributed by atoms with Gasteiger partial charge in [0.05, 0.1) is 18.5 Å². The fraction of sp³-hybridized carbons (Fsp3) is 0.154. The zero-order valence-electron chi connectivity index (χ0n) is 19.2. The average molecular weight is 473 g/mol. The van der Waals surface area contributed by atoms with Crippen LogP contribution in [0, 0.1) is 0 Å². The van der Waals surface area contributed by atoms with Crippen LogP contribution in [-0.2, 0) is 9.59 Å². The molecule has 9 heteroatoms. The summed E-state index contributed by atoms with van der Waals surface area (Å²) in [6.45, 7) is 1.09. The van der Waals surface area contributed by atoms with Gasteiger partial charge in [0.2, 0.25) is 5.91 Å². The number of Topliss-reactive ketones (excluding diaryl/α,β-unsaturated/α-hetero) is 1. The van der Waals surface area contributed by atoms with Gasteiger partial charge in [-0.15, -0.1) is 0 Å². The maximum absolute atomic E-state index is 13.0. The molecule has 0 aromatic heterocycles. The van der Waals surface area contributed by atoms with Crippen LogP contribution in [0.1, 0.15) is 27.6 Å². The van der Waals surface area contributed by atoms with Crippen molar-refractivity contribution < 1.29 is 28.7 Å². The maximum Gasteiger partial charge on any atom is 0.262 e. The Balaban J connectivity index is 1.38. The fourth-order valence-electron chi connectivity index (χ4n) is 3.61. The van der Waals surface area contributed by atoms with E-state index in [1.54, 1.807) is 66.7 Å². The van der Waals surface area contributed by atoms with Gasteiger partial charge in [-0.2, -0.15) is 0 Å². The second-order valence-corrected chi connectivity index (χ2v) is 7.79. The third kappa shape index (κ3) is 5.30. The van der Waals surface area contributed by atoms with Gasteiger partial charge < -0.3 is 20.1 Å². The van der Waals surface area contributed by atoms with Crippen molar-refractivity contribution in [1.29, 1.82) is 0 Å². The number of carbonyl (C=O) groups excluding carboxylic acids is 4. The Morgan fingerprint density at radius 3 is 2.40 bits per heavy atom. The number of anilines is 3. The van der Waals surface area contributed by atoms with Crippen LogP contribution in [0.4, 0.5) is 17.1 Å². The second-order valence-electron chi connectivity index (χ2n) is 7.79. The Labute approximate surface area is 201 Å². The number of benzene rings is 3.